The van der Waals surface area contributed by atoms with Crippen molar-refractivity contribution >= 4 is 22.4 Å². The van der Waals surface area contributed by atoms with Crippen LogP contribution in [-0.4, -0.2) is 23.9 Å². The van der Waals surface area contributed by atoms with Gasteiger partial charge in [-0.05, 0) is 55.5 Å². The van der Waals surface area contributed by atoms with Crippen LogP contribution in [0.2, 0.25) is 0 Å². The molecular formula is C25H30N2O. The smallest absolute Gasteiger partial charge is 0.134 e. The highest BCUT2D eigenvalue weighted by atomic mass is 16.1. The van der Waals surface area contributed by atoms with Gasteiger partial charge in [0.05, 0.1) is 11.2 Å². The molecule has 0 amide bonds. The van der Waals surface area contributed by atoms with Crippen LogP contribution in [0, 0.1) is 13.8 Å². The number of Topliss-reactive ketones (excluding diaryl/α,β-unsaturated/α-hetero) is 1. The second-order valence-electron chi connectivity index (χ2n) is 8.29. The van der Waals surface area contributed by atoms with E-state index in [1.54, 1.807) is 6.92 Å². The van der Waals surface area contributed by atoms with E-state index in [0.717, 1.165) is 25.9 Å². The third-order valence-electron chi connectivity index (χ3n) is 6.10. The summed E-state index contributed by atoms with van der Waals surface area (Å²) in [5.41, 5.74) is 10.2. The Hall–Kier alpha value is -2.55. The van der Waals surface area contributed by atoms with Crippen molar-refractivity contribution in [2.24, 2.45) is 0 Å². The van der Waals surface area contributed by atoms with E-state index in [0.29, 0.717) is 6.42 Å². The largest absolute Gasteiger partial charge is 0.371 e. The van der Waals surface area contributed by atoms with Crippen LogP contribution >= 0.6 is 0 Å². The molecule has 4 rings (SSSR count). The monoisotopic (exact) mass is 374 g/mol. The van der Waals surface area contributed by atoms with Gasteiger partial charge in [0.2, 0.25) is 0 Å². The van der Waals surface area contributed by atoms with Crippen LogP contribution in [-0.2, 0) is 24.2 Å². The molecule has 3 nitrogen and oxygen atoms in total. The highest BCUT2D eigenvalue weighted by molar-refractivity contribution is 6.07. The third kappa shape index (κ3) is 2.94. The lowest BCUT2D eigenvalue weighted by atomic mass is 9.88. The Morgan fingerprint density at radius 2 is 1.82 bits per heavy atom. The van der Waals surface area contributed by atoms with Crippen LogP contribution in [0.15, 0.2) is 30.3 Å². The maximum atomic E-state index is 12.2. The summed E-state index contributed by atoms with van der Waals surface area (Å²) in [6.07, 6.45) is 2.72. The van der Waals surface area contributed by atoms with Crippen LogP contribution < -0.4 is 4.90 Å². The maximum absolute atomic E-state index is 12.2. The predicted molar refractivity (Wildman–Crippen MR) is 118 cm³/mol. The van der Waals surface area contributed by atoms with E-state index in [1.807, 2.05) is 0 Å². The summed E-state index contributed by atoms with van der Waals surface area (Å²) in [5, 5.41) is 1.30. The summed E-state index contributed by atoms with van der Waals surface area (Å²) in [5.74, 6) is 0.217. The predicted octanol–water partition coefficient (Wildman–Crippen LogP) is 5.46. The van der Waals surface area contributed by atoms with Crippen molar-refractivity contribution in [2.45, 2.75) is 53.5 Å². The fourth-order valence-corrected chi connectivity index (χ4v) is 4.79. The van der Waals surface area contributed by atoms with Crippen LogP contribution in [0.4, 0.5) is 5.69 Å². The second kappa shape index (κ2) is 7.12. The van der Waals surface area contributed by atoms with Crippen molar-refractivity contribution in [1.82, 2.24) is 4.57 Å². The van der Waals surface area contributed by atoms with E-state index in [2.05, 4.69) is 67.6 Å². The molecule has 0 atom stereocenters. The van der Waals surface area contributed by atoms with Crippen molar-refractivity contribution in [1.29, 1.82) is 0 Å². The molecule has 0 spiro atoms. The van der Waals surface area contributed by atoms with Crippen LogP contribution in [0.1, 0.15) is 42.7 Å². The Balaban J connectivity index is 2.13. The molecular weight excluding hydrogens is 344 g/mol. The summed E-state index contributed by atoms with van der Waals surface area (Å²) in [6, 6.07) is 11.1. The lowest BCUT2D eigenvalue weighted by molar-refractivity contribution is -0.116. The number of aryl methyl sites for hydroxylation is 2. The molecule has 0 unspecified atom stereocenters. The number of likely N-dealkylation sites (N-methyl/N-ethyl adjacent to an activating group) is 1. The number of ketones is 1. The van der Waals surface area contributed by atoms with Gasteiger partial charge in [-0.25, -0.2) is 0 Å². The summed E-state index contributed by atoms with van der Waals surface area (Å²) in [6.45, 7) is 10.3. The molecule has 1 aliphatic rings. The van der Waals surface area contributed by atoms with Gasteiger partial charge in [0.15, 0.2) is 0 Å². The van der Waals surface area contributed by atoms with Crippen LogP contribution in [0.5, 0.6) is 0 Å². The average Bonchev–Trinajstić information content (AvgIpc) is 3.00. The fourth-order valence-electron chi connectivity index (χ4n) is 4.79. The van der Waals surface area contributed by atoms with Crippen LogP contribution in [0.25, 0.3) is 22.0 Å². The van der Waals surface area contributed by atoms with Gasteiger partial charge < -0.3 is 9.47 Å². The van der Waals surface area contributed by atoms with E-state index in [1.165, 1.54) is 50.1 Å². The number of nitrogens with zero attached hydrogens (tertiary/aromatic N) is 2. The minimum atomic E-state index is 0.217. The second-order valence-corrected chi connectivity index (χ2v) is 8.29. The first-order valence-corrected chi connectivity index (χ1v) is 10.4. The number of carbonyl (C=O) groups is 1. The van der Waals surface area contributed by atoms with Crippen molar-refractivity contribution in [3.05, 3.63) is 52.7 Å². The van der Waals surface area contributed by atoms with Gasteiger partial charge in [0.25, 0.3) is 0 Å². The van der Waals surface area contributed by atoms with Gasteiger partial charge >= 0.3 is 0 Å². The molecule has 1 aromatic heterocycles. The van der Waals surface area contributed by atoms with Gasteiger partial charge in [0, 0.05) is 37.6 Å². The summed E-state index contributed by atoms with van der Waals surface area (Å²) in [4.78, 5) is 14.6. The van der Waals surface area contributed by atoms with E-state index in [4.69, 9.17) is 0 Å². The zero-order valence-corrected chi connectivity index (χ0v) is 17.7. The number of rotatable bonds is 5. The first kappa shape index (κ1) is 18.8. The summed E-state index contributed by atoms with van der Waals surface area (Å²) >= 11 is 0. The van der Waals surface area contributed by atoms with E-state index < -0.39 is 0 Å². The topological polar surface area (TPSA) is 25.2 Å². The van der Waals surface area contributed by atoms with Gasteiger partial charge in [-0.1, -0.05) is 43.2 Å². The Bertz CT molecular complexity index is 1060. The van der Waals surface area contributed by atoms with E-state index in [-0.39, 0.29) is 5.78 Å². The quantitative estimate of drug-likeness (QED) is 0.592. The van der Waals surface area contributed by atoms with Crippen molar-refractivity contribution in [3.63, 3.8) is 0 Å². The van der Waals surface area contributed by atoms with E-state index >= 15 is 0 Å². The fraction of sp³-hybridized carbons (Fsp3) is 0.400. The van der Waals surface area contributed by atoms with Gasteiger partial charge in [-0.3, -0.25) is 4.79 Å². The molecule has 2 heterocycles. The Labute approximate surface area is 168 Å². The maximum Gasteiger partial charge on any atom is 0.134 e. The van der Waals surface area contributed by atoms with Gasteiger partial charge in [-0.2, -0.15) is 0 Å². The number of hydrogen-bond acceptors (Lipinski definition) is 2. The molecule has 3 aromatic rings. The molecule has 0 saturated heterocycles. The number of anilines is 1. The Kier molecular flexibility index (Phi) is 4.78. The molecule has 0 fully saturated rings. The lowest BCUT2D eigenvalue weighted by Gasteiger charge is -2.31. The molecule has 146 valence electrons. The van der Waals surface area contributed by atoms with Gasteiger partial charge in [0.1, 0.15) is 5.78 Å². The van der Waals surface area contributed by atoms with E-state index in [9.17, 15) is 4.79 Å². The minimum Gasteiger partial charge on any atom is -0.371 e. The lowest BCUT2D eigenvalue weighted by Crippen LogP contribution is -2.29. The Morgan fingerprint density at radius 3 is 2.46 bits per heavy atom. The molecule has 0 saturated carbocycles. The number of aromatic nitrogens is 1. The molecule has 28 heavy (non-hydrogen) atoms. The highest BCUT2D eigenvalue weighted by Gasteiger charge is 2.27. The molecule has 0 bridgehead atoms. The number of carbonyl (C=O) groups excluding carboxylic acids is 1. The molecule has 0 radical (unpaired) electrons. The average molecular weight is 375 g/mol. The molecule has 2 aromatic carbocycles. The SMILES string of the molecule is CCCc1cc2c(-c3ccc(C)cc3)c(CC(C)=O)c(C)c3c2n1CCN3C. The van der Waals surface area contributed by atoms with Crippen molar-refractivity contribution in [3.8, 4) is 11.1 Å². The molecule has 0 aliphatic carbocycles. The number of hydrogen-bond donors (Lipinski definition) is 0. The van der Waals surface area contributed by atoms with Crippen LogP contribution in [0.3, 0.4) is 0 Å². The van der Waals surface area contributed by atoms with Gasteiger partial charge in [-0.15, -0.1) is 0 Å². The highest BCUT2D eigenvalue weighted by Crippen LogP contribution is 2.44. The summed E-state index contributed by atoms with van der Waals surface area (Å²) in [7, 11) is 2.18. The number of benzene rings is 2. The Morgan fingerprint density at radius 1 is 1.11 bits per heavy atom. The summed E-state index contributed by atoms with van der Waals surface area (Å²) < 4.78 is 2.52. The third-order valence-corrected chi connectivity index (χ3v) is 6.10. The molecule has 3 heteroatoms. The zero-order valence-electron chi connectivity index (χ0n) is 17.7. The minimum absolute atomic E-state index is 0.217. The standard InChI is InChI=1S/C25H30N2O/c1-6-7-20-15-22-23(19-10-8-16(2)9-11-19)21(14-17(3)28)18(4)24-25(22)27(20)13-12-26(24)5/h8-11,15H,6-7,12-14H2,1-5H3. The molecule has 1 aliphatic heterocycles. The first-order chi connectivity index (χ1) is 13.4. The zero-order chi connectivity index (χ0) is 20.0. The van der Waals surface area contributed by atoms with Crippen molar-refractivity contribution in [2.75, 3.05) is 18.5 Å². The first-order valence-electron chi connectivity index (χ1n) is 10.4. The normalized spacial score (nSPS) is 13.4. The molecule has 0 N–H and O–H groups in total. The van der Waals surface area contributed by atoms with Crippen molar-refractivity contribution < 1.29 is 4.79 Å².